The van der Waals surface area contributed by atoms with E-state index < -0.39 is 0 Å². The Bertz CT molecular complexity index is 564. The molecule has 5 heteroatoms. The van der Waals surface area contributed by atoms with Crippen molar-refractivity contribution in [3.05, 3.63) is 47.5 Å². The van der Waals surface area contributed by atoms with E-state index in [-0.39, 0.29) is 6.04 Å². The third-order valence-electron chi connectivity index (χ3n) is 3.10. The lowest BCUT2D eigenvalue weighted by Gasteiger charge is -2.14. The van der Waals surface area contributed by atoms with Gasteiger partial charge in [0, 0.05) is 12.6 Å². The van der Waals surface area contributed by atoms with E-state index >= 15 is 0 Å². The van der Waals surface area contributed by atoms with E-state index in [1.54, 1.807) is 6.33 Å². The number of aromatic nitrogens is 3. The molecule has 0 spiro atoms. The molecule has 0 aliphatic heterocycles. The normalized spacial score (nSPS) is 12.1. The molecule has 0 amide bonds. The number of nitrogens with zero attached hydrogens (tertiary/aromatic N) is 4. The molecule has 1 aromatic carbocycles. The number of hydrogen-bond acceptors (Lipinski definition) is 4. The van der Waals surface area contributed by atoms with Gasteiger partial charge in [0.1, 0.15) is 12.2 Å². The fourth-order valence-electron chi connectivity index (χ4n) is 1.90. The number of hydrogen-bond donors (Lipinski definition) is 1. The summed E-state index contributed by atoms with van der Waals surface area (Å²) in [4.78, 5) is 4.23. The standard InChI is InChI=1S/C14H17N5/c1-3-19-14(17-10-18-19)9-16-11(2)13-6-4-12(8-15)5-7-13/h4-7,10-11,16H,3,9H2,1-2H3. The molecule has 1 N–H and O–H groups in total. The topological polar surface area (TPSA) is 66.5 Å². The summed E-state index contributed by atoms with van der Waals surface area (Å²) in [7, 11) is 0. The third kappa shape index (κ3) is 3.18. The molecule has 1 heterocycles. The van der Waals surface area contributed by atoms with Crippen LogP contribution in [0, 0.1) is 11.3 Å². The van der Waals surface area contributed by atoms with Crippen LogP contribution in [0.25, 0.3) is 0 Å². The lowest BCUT2D eigenvalue weighted by atomic mass is 10.1. The Labute approximate surface area is 112 Å². The van der Waals surface area contributed by atoms with Crippen LogP contribution < -0.4 is 5.32 Å². The average molecular weight is 255 g/mol. The van der Waals surface area contributed by atoms with E-state index in [0.717, 1.165) is 17.9 Å². The van der Waals surface area contributed by atoms with Crippen molar-refractivity contribution in [1.29, 1.82) is 5.26 Å². The molecule has 0 fully saturated rings. The molecule has 0 radical (unpaired) electrons. The molecule has 98 valence electrons. The van der Waals surface area contributed by atoms with Gasteiger partial charge in [-0.1, -0.05) is 12.1 Å². The van der Waals surface area contributed by atoms with Gasteiger partial charge < -0.3 is 5.32 Å². The molecular weight excluding hydrogens is 238 g/mol. The van der Waals surface area contributed by atoms with Gasteiger partial charge in [-0.15, -0.1) is 0 Å². The highest BCUT2D eigenvalue weighted by atomic mass is 15.3. The maximum absolute atomic E-state index is 8.77. The van der Waals surface area contributed by atoms with E-state index in [9.17, 15) is 0 Å². The molecular formula is C14H17N5. The van der Waals surface area contributed by atoms with Crippen LogP contribution >= 0.6 is 0 Å². The highest BCUT2D eigenvalue weighted by molar-refractivity contribution is 5.32. The summed E-state index contributed by atoms with van der Waals surface area (Å²) in [5.74, 6) is 0.933. The average Bonchev–Trinajstić information content (AvgIpc) is 2.92. The molecule has 1 aromatic heterocycles. The molecule has 0 saturated carbocycles. The van der Waals surface area contributed by atoms with Gasteiger partial charge in [-0.05, 0) is 31.5 Å². The monoisotopic (exact) mass is 255 g/mol. The molecule has 2 rings (SSSR count). The van der Waals surface area contributed by atoms with E-state index in [1.165, 1.54) is 0 Å². The summed E-state index contributed by atoms with van der Waals surface area (Å²) in [6.45, 7) is 5.63. The maximum atomic E-state index is 8.77. The lowest BCUT2D eigenvalue weighted by molar-refractivity contribution is 0.523. The SMILES string of the molecule is CCn1ncnc1CNC(C)c1ccc(C#N)cc1. The fraction of sp³-hybridized carbons (Fsp3) is 0.357. The summed E-state index contributed by atoms with van der Waals surface area (Å²) in [5.41, 5.74) is 1.84. The first-order valence-electron chi connectivity index (χ1n) is 6.34. The van der Waals surface area contributed by atoms with Crippen molar-refractivity contribution in [3.63, 3.8) is 0 Å². The Morgan fingerprint density at radius 2 is 2.11 bits per heavy atom. The van der Waals surface area contributed by atoms with E-state index in [2.05, 4.69) is 28.4 Å². The Hall–Kier alpha value is -2.19. The molecule has 0 aliphatic carbocycles. The molecule has 1 atom stereocenters. The Balaban J connectivity index is 1.97. The van der Waals surface area contributed by atoms with Crippen LogP contribution in [0.3, 0.4) is 0 Å². The Morgan fingerprint density at radius 3 is 2.74 bits per heavy atom. The lowest BCUT2D eigenvalue weighted by Crippen LogP contribution is -2.21. The van der Waals surface area contributed by atoms with Gasteiger partial charge in [0.2, 0.25) is 0 Å². The maximum Gasteiger partial charge on any atom is 0.140 e. The number of nitrogens with one attached hydrogen (secondary N) is 1. The minimum atomic E-state index is 0.203. The molecule has 0 saturated heterocycles. The quantitative estimate of drug-likeness (QED) is 0.887. The highest BCUT2D eigenvalue weighted by Crippen LogP contribution is 2.13. The molecule has 1 unspecified atom stereocenters. The van der Waals surface area contributed by atoms with E-state index in [4.69, 9.17) is 5.26 Å². The van der Waals surface area contributed by atoms with E-state index in [1.807, 2.05) is 35.9 Å². The van der Waals surface area contributed by atoms with Gasteiger partial charge in [-0.3, -0.25) is 0 Å². The van der Waals surface area contributed by atoms with Gasteiger partial charge in [0.15, 0.2) is 0 Å². The van der Waals surface area contributed by atoms with Crippen LogP contribution in [0.2, 0.25) is 0 Å². The largest absolute Gasteiger partial charge is 0.303 e. The number of benzene rings is 1. The summed E-state index contributed by atoms with van der Waals surface area (Å²) in [6.07, 6.45) is 1.58. The first-order valence-corrected chi connectivity index (χ1v) is 6.34. The van der Waals surface area contributed by atoms with Crippen molar-refractivity contribution < 1.29 is 0 Å². The van der Waals surface area contributed by atoms with Crippen molar-refractivity contribution in [3.8, 4) is 6.07 Å². The van der Waals surface area contributed by atoms with Crippen LogP contribution in [-0.2, 0) is 13.1 Å². The van der Waals surface area contributed by atoms with Gasteiger partial charge in [0.05, 0.1) is 18.2 Å². The second kappa shape index (κ2) is 6.12. The number of aryl methyl sites for hydroxylation is 1. The van der Waals surface area contributed by atoms with Crippen molar-refractivity contribution in [2.24, 2.45) is 0 Å². The number of nitriles is 1. The second-order valence-electron chi connectivity index (χ2n) is 4.33. The summed E-state index contributed by atoms with van der Waals surface area (Å²) >= 11 is 0. The first kappa shape index (κ1) is 13.2. The molecule has 5 nitrogen and oxygen atoms in total. The Morgan fingerprint density at radius 1 is 1.37 bits per heavy atom. The minimum Gasteiger partial charge on any atom is -0.303 e. The van der Waals surface area contributed by atoms with Crippen LogP contribution in [0.1, 0.15) is 36.8 Å². The van der Waals surface area contributed by atoms with Crippen LogP contribution in [-0.4, -0.2) is 14.8 Å². The summed E-state index contributed by atoms with van der Waals surface area (Å²) in [6, 6.07) is 9.94. The zero-order valence-electron chi connectivity index (χ0n) is 11.2. The number of rotatable bonds is 5. The van der Waals surface area contributed by atoms with Crippen molar-refractivity contribution in [1.82, 2.24) is 20.1 Å². The van der Waals surface area contributed by atoms with Crippen LogP contribution in [0.15, 0.2) is 30.6 Å². The van der Waals surface area contributed by atoms with Crippen LogP contribution in [0.5, 0.6) is 0 Å². The van der Waals surface area contributed by atoms with Gasteiger partial charge in [0.25, 0.3) is 0 Å². The Kier molecular flexibility index (Phi) is 4.26. The van der Waals surface area contributed by atoms with Gasteiger partial charge >= 0.3 is 0 Å². The smallest absolute Gasteiger partial charge is 0.140 e. The first-order chi connectivity index (χ1) is 9.24. The highest BCUT2D eigenvalue weighted by Gasteiger charge is 2.07. The minimum absolute atomic E-state index is 0.203. The second-order valence-corrected chi connectivity index (χ2v) is 4.33. The fourth-order valence-corrected chi connectivity index (χ4v) is 1.90. The van der Waals surface area contributed by atoms with Crippen molar-refractivity contribution in [2.45, 2.75) is 33.0 Å². The molecule has 2 aromatic rings. The predicted molar refractivity (Wildman–Crippen MR) is 72.1 cm³/mol. The van der Waals surface area contributed by atoms with Crippen molar-refractivity contribution in [2.75, 3.05) is 0 Å². The van der Waals surface area contributed by atoms with Crippen molar-refractivity contribution >= 4 is 0 Å². The zero-order valence-corrected chi connectivity index (χ0v) is 11.2. The summed E-state index contributed by atoms with van der Waals surface area (Å²) < 4.78 is 1.87. The third-order valence-corrected chi connectivity index (χ3v) is 3.10. The van der Waals surface area contributed by atoms with Gasteiger partial charge in [-0.25, -0.2) is 9.67 Å². The predicted octanol–water partition coefficient (Wildman–Crippen LogP) is 2.02. The van der Waals surface area contributed by atoms with E-state index in [0.29, 0.717) is 12.1 Å². The molecule has 0 bridgehead atoms. The van der Waals surface area contributed by atoms with Crippen LogP contribution in [0.4, 0.5) is 0 Å². The molecule has 19 heavy (non-hydrogen) atoms. The zero-order chi connectivity index (χ0) is 13.7. The summed E-state index contributed by atoms with van der Waals surface area (Å²) in [5, 5.41) is 16.3. The van der Waals surface area contributed by atoms with Gasteiger partial charge in [-0.2, -0.15) is 10.4 Å². The molecule has 0 aliphatic rings.